The zero-order valence-corrected chi connectivity index (χ0v) is 21.1. The van der Waals surface area contributed by atoms with Gasteiger partial charge in [0.1, 0.15) is 21.3 Å². The Kier molecular flexibility index (Phi) is 8.67. The Morgan fingerprint density at radius 3 is 2.36 bits per heavy atom. The highest BCUT2D eigenvalue weighted by Crippen LogP contribution is 2.32. The van der Waals surface area contributed by atoms with E-state index in [1.54, 1.807) is 30.3 Å². The maximum Gasteiger partial charge on any atom is 0.295 e. The lowest BCUT2D eigenvalue weighted by molar-refractivity contribution is 0.0505. The normalized spacial score (nSPS) is 11.6. The fraction of sp³-hybridized carbons (Fsp3) is 0.208. The average molecular weight is 533 g/mol. The zero-order chi connectivity index (χ0) is 26.3. The predicted octanol–water partition coefficient (Wildman–Crippen LogP) is 2.98. The summed E-state index contributed by atoms with van der Waals surface area (Å²) >= 11 is 0. The van der Waals surface area contributed by atoms with Crippen LogP contribution in [0.15, 0.2) is 70.5 Å². The number of hydrogen-bond donors (Lipinski definition) is 2. The van der Waals surface area contributed by atoms with Gasteiger partial charge >= 0.3 is 0 Å². The van der Waals surface area contributed by atoms with Crippen molar-refractivity contribution in [2.24, 2.45) is 0 Å². The van der Waals surface area contributed by atoms with Gasteiger partial charge in [0.25, 0.3) is 10.1 Å². The first-order valence-corrected chi connectivity index (χ1v) is 13.4. The summed E-state index contributed by atoms with van der Waals surface area (Å²) in [6, 6.07) is 16.9. The molecule has 2 N–H and O–H groups in total. The zero-order valence-electron chi connectivity index (χ0n) is 19.5. The number of nitriles is 1. The summed E-state index contributed by atoms with van der Waals surface area (Å²) in [4.78, 5) is -0.408. The van der Waals surface area contributed by atoms with E-state index in [1.807, 2.05) is 6.07 Å². The van der Waals surface area contributed by atoms with E-state index < -0.39 is 20.1 Å². The van der Waals surface area contributed by atoms with Crippen LogP contribution in [0.3, 0.4) is 0 Å². The van der Waals surface area contributed by atoms with Crippen LogP contribution < -0.4 is 14.2 Å². The van der Waals surface area contributed by atoms with Crippen molar-refractivity contribution in [3.8, 4) is 28.7 Å². The molecule has 0 fully saturated rings. The molecule has 0 amide bonds. The highest BCUT2D eigenvalue weighted by molar-refractivity contribution is 7.89. The summed E-state index contributed by atoms with van der Waals surface area (Å²) < 4.78 is 77.2. The minimum atomic E-state index is -4.46. The second-order valence-electron chi connectivity index (χ2n) is 7.47. The molecule has 0 aliphatic carbocycles. The molecule has 3 aromatic rings. The van der Waals surface area contributed by atoms with Crippen molar-refractivity contribution in [3.63, 3.8) is 0 Å². The molecule has 190 valence electrons. The third kappa shape index (κ3) is 6.39. The molecular weight excluding hydrogens is 508 g/mol. The standard InChI is InChI=1S/C24H24N2O8S2/c1-32-16-34-22-14-19(20-5-3-4-6-23(20)36(29,30)31)9-8-18(22)11-12-26-35(27,28)24-13-17(15-25)7-10-21(24)33-2/h3-10,13-14,26H,11-12,16H2,1-2H3,(H,29,30,31). The van der Waals surface area contributed by atoms with E-state index in [0.717, 1.165) is 0 Å². The molecule has 12 heteroatoms. The van der Waals surface area contributed by atoms with Crippen LogP contribution >= 0.6 is 0 Å². The largest absolute Gasteiger partial charge is 0.495 e. The number of rotatable bonds is 11. The Labute approximate surface area is 209 Å². The Bertz CT molecular complexity index is 1500. The van der Waals surface area contributed by atoms with Gasteiger partial charge in [0.05, 0.1) is 18.7 Å². The van der Waals surface area contributed by atoms with Crippen molar-refractivity contribution >= 4 is 20.1 Å². The third-order valence-corrected chi connectivity index (χ3v) is 7.54. The first-order valence-electron chi connectivity index (χ1n) is 10.5. The number of methoxy groups -OCH3 is 2. The molecule has 3 rings (SSSR count). The van der Waals surface area contributed by atoms with Gasteiger partial charge in [-0.25, -0.2) is 13.1 Å². The molecule has 0 spiro atoms. The van der Waals surface area contributed by atoms with Gasteiger partial charge < -0.3 is 14.2 Å². The fourth-order valence-corrected chi connectivity index (χ4v) is 5.41. The average Bonchev–Trinajstić information content (AvgIpc) is 2.87. The van der Waals surface area contributed by atoms with Crippen LogP contribution in [0.25, 0.3) is 11.1 Å². The van der Waals surface area contributed by atoms with Crippen molar-refractivity contribution in [1.29, 1.82) is 5.26 Å². The number of benzene rings is 3. The lowest BCUT2D eigenvalue weighted by atomic mass is 10.0. The molecule has 0 saturated heterocycles. The Morgan fingerprint density at radius 2 is 1.69 bits per heavy atom. The van der Waals surface area contributed by atoms with Crippen LogP contribution in [0, 0.1) is 11.3 Å². The highest BCUT2D eigenvalue weighted by Gasteiger charge is 2.21. The van der Waals surface area contributed by atoms with Crippen LogP contribution in [-0.4, -0.2) is 48.9 Å². The molecule has 0 aromatic heterocycles. The third-order valence-electron chi connectivity index (χ3n) is 5.14. The van der Waals surface area contributed by atoms with Gasteiger partial charge in [0, 0.05) is 19.2 Å². The van der Waals surface area contributed by atoms with Crippen LogP contribution in [-0.2, 0) is 31.3 Å². The number of ether oxygens (including phenoxy) is 3. The molecule has 0 aliphatic heterocycles. The van der Waals surface area contributed by atoms with Crippen molar-refractivity contribution < 1.29 is 35.6 Å². The van der Waals surface area contributed by atoms with E-state index in [2.05, 4.69) is 4.72 Å². The molecule has 36 heavy (non-hydrogen) atoms. The highest BCUT2D eigenvalue weighted by atomic mass is 32.2. The molecule has 0 radical (unpaired) electrons. The summed E-state index contributed by atoms with van der Waals surface area (Å²) in [5, 5.41) is 9.11. The topological polar surface area (TPSA) is 152 Å². The van der Waals surface area contributed by atoms with E-state index in [-0.39, 0.29) is 46.4 Å². The van der Waals surface area contributed by atoms with Crippen molar-refractivity contribution in [3.05, 3.63) is 71.8 Å². The lowest BCUT2D eigenvalue weighted by Gasteiger charge is -2.15. The monoisotopic (exact) mass is 532 g/mol. The van der Waals surface area contributed by atoms with Gasteiger partial charge in [0.2, 0.25) is 10.0 Å². The first kappa shape index (κ1) is 27.1. The van der Waals surface area contributed by atoms with E-state index in [1.165, 1.54) is 44.6 Å². The molecule has 3 aromatic carbocycles. The molecule has 0 aliphatic rings. The van der Waals surface area contributed by atoms with Crippen LogP contribution in [0.1, 0.15) is 11.1 Å². The fourth-order valence-electron chi connectivity index (χ4n) is 3.47. The predicted molar refractivity (Wildman–Crippen MR) is 131 cm³/mol. The Morgan fingerprint density at radius 1 is 0.944 bits per heavy atom. The quantitative estimate of drug-likeness (QED) is 0.280. The lowest BCUT2D eigenvalue weighted by Crippen LogP contribution is -2.26. The molecule has 0 atom stereocenters. The second-order valence-corrected chi connectivity index (χ2v) is 10.6. The first-order chi connectivity index (χ1) is 17.1. The molecule has 0 saturated carbocycles. The minimum absolute atomic E-state index is 0.00738. The van der Waals surface area contributed by atoms with Gasteiger partial charge in [-0.15, -0.1) is 0 Å². The maximum atomic E-state index is 12.9. The van der Waals surface area contributed by atoms with Gasteiger partial charge in [0.15, 0.2) is 6.79 Å². The minimum Gasteiger partial charge on any atom is -0.495 e. The van der Waals surface area contributed by atoms with Gasteiger partial charge in [-0.1, -0.05) is 30.3 Å². The van der Waals surface area contributed by atoms with Crippen LogP contribution in [0.2, 0.25) is 0 Å². The second kappa shape index (κ2) is 11.5. The summed E-state index contributed by atoms with van der Waals surface area (Å²) in [6.07, 6.45) is 0.221. The summed E-state index contributed by atoms with van der Waals surface area (Å²) in [5.41, 5.74) is 1.54. The SMILES string of the molecule is COCOc1cc(-c2ccccc2S(=O)(=O)O)ccc1CCNS(=O)(=O)c1cc(C#N)ccc1OC. The molecule has 0 heterocycles. The van der Waals surface area contributed by atoms with E-state index in [0.29, 0.717) is 16.9 Å². The number of nitrogens with zero attached hydrogens (tertiary/aromatic N) is 1. The van der Waals surface area contributed by atoms with Gasteiger partial charge in [-0.05, 0) is 47.9 Å². The van der Waals surface area contributed by atoms with E-state index in [9.17, 15) is 21.4 Å². The smallest absolute Gasteiger partial charge is 0.295 e. The molecular formula is C24H24N2O8S2. The molecule has 10 nitrogen and oxygen atoms in total. The maximum absolute atomic E-state index is 12.9. The number of hydrogen-bond acceptors (Lipinski definition) is 8. The van der Waals surface area contributed by atoms with E-state index >= 15 is 0 Å². The Hall–Kier alpha value is -3.47. The number of nitrogens with one attached hydrogen (secondary N) is 1. The van der Waals surface area contributed by atoms with Crippen molar-refractivity contribution in [2.75, 3.05) is 27.6 Å². The summed E-state index contributed by atoms with van der Waals surface area (Å²) in [6.45, 7) is -0.104. The van der Waals surface area contributed by atoms with Crippen LogP contribution in [0.5, 0.6) is 11.5 Å². The summed E-state index contributed by atoms with van der Waals surface area (Å²) in [7, 11) is -5.68. The Balaban J connectivity index is 1.87. The molecule has 0 bridgehead atoms. The van der Waals surface area contributed by atoms with Gasteiger partial charge in [-0.3, -0.25) is 4.55 Å². The van der Waals surface area contributed by atoms with Gasteiger partial charge in [-0.2, -0.15) is 13.7 Å². The number of sulfonamides is 1. The van der Waals surface area contributed by atoms with Crippen LogP contribution in [0.4, 0.5) is 0 Å². The molecule has 0 unspecified atom stereocenters. The van der Waals surface area contributed by atoms with E-state index in [4.69, 9.17) is 19.5 Å². The van der Waals surface area contributed by atoms with Crippen molar-refractivity contribution in [2.45, 2.75) is 16.2 Å². The van der Waals surface area contributed by atoms with Crippen molar-refractivity contribution in [1.82, 2.24) is 4.72 Å². The summed E-state index contributed by atoms with van der Waals surface area (Å²) in [5.74, 6) is 0.454.